The molecule has 0 aliphatic carbocycles. The van der Waals surface area contributed by atoms with Crippen LogP contribution in [0.15, 0.2) is 0 Å². The molecule has 3 atom stereocenters. The van der Waals surface area contributed by atoms with Gasteiger partial charge >= 0.3 is 0 Å². The molecule has 0 aromatic heterocycles. The summed E-state index contributed by atoms with van der Waals surface area (Å²) in [5.41, 5.74) is 0. The molecule has 90 valence electrons. The lowest BCUT2D eigenvalue weighted by Gasteiger charge is -2.29. The number of hydrogen-bond acceptors (Lipinski definition) is 3. The minimum atomic E-state index is -0.222. The van der Waals surface area contributed by atoms with Crippen LogP contribution in [0.3, 0.4) is 0 Å². The Hall–Kier alpha value is -0.120. The number of rotatable bonds is 5. The van der Waals surface area contributed by atoms with Crippen molar-refractivity contribution in [2.24, 2.45) is 0 Å². The van der Waals surface area contributed by atoms with E-state index >= 15 is 0 Å². The lowest BCUT2D eigenvalue weighted by atomic mass is 10.2. The molecule has 3 nitrogen and oxygen atoms in total. The quantitative estimate of drug-likeness (QED) is 0.744. The minimum absolute atomic E-state index is 0.222. The maximum atomic E-state index is 9.57. The lowest BCUT2D eigenvalue weighted by molar-refractivity contribution is 0.0796. The van der Waals surface area contributed by atoms with Crippen molar-refractivity contribution in [3.63, 3.8) is 0 Å². The van der Waals surface area contributed by atoms with E-state index in [2.05, 4.69) is 30.6 Å². The average Bonchev–Trinajstić information content (AvgIpc) is 2.67. The SMILES string of the molecule is CCN(CC)C1CCN(C(C)C(C)O)C1. The molecule has 0 spiro atoms. The van der Waals surface area contributed by atoms with Crippen molar-refractivity contribution in [2.45, 2.75) is 52.3 Å². The fraction of sp³-hybridized carbons (Fsp3) is 1.00. The second-order valence-corrected chi connectivity index (χ2v) is 4.64. The molecule has 0 aromatic rings. The van der Waals surface area contributed by atoms with E-state index in [1.165, 1.54) is 6.42 Å². The van der Waals surface area contributed by atoms with Crippen molar-refractivity contribution in [1.29, 1.82) is 0 Å². The Labute approximate surface area is 94.1 Å². The Morgan fingerprint density at radius 1 is 1.33 bits per heavy atom. The van der Waals surface area contributed by atoms with Gasteiger partial charge in [0.1, 0.15) is 0 Å². The fourth-order valence-corrected chi connectivity index (χ4v) is 2.48. The zero-order valence-electron chi connectivity index (χ0n) is 10.6. The molecule has 1 rings (SSSR count). The smallest absolute Gasteiger partial charge is 0.0664 e. The summed E-state index contributed by atoms with van der Waals surface area (Å²) in [5.74, 6) is 0. The standard InChI is InChI=1S/C12H26N2O/c1-5-13(6-2)12-7-8-14(9-12)10(3)11(4)15/h10-12,15H,5-9H2,1-4H3. The zero-order valence-corrected chi connectivity index (χ0v) is 10.6. The zero-order chi connectivity index (χ0) is 11.4. The lowest BCUT2D eigenvalue weighted by Crippen LogP contribution is -2.42. The summed E-state index contributed by atoms with van der Waals surface area (Å²) in [4.78, 5) is 4.93. The normalized spacial score (nSPS) is 27.2. The van der Waals surface area contributed by atoms with Gasteiger partial charge in [0.05, 0.1) is 6.10 Å². The Kier molecular flexibility index (Phi) is 5.03. The highest BCUT2D eigenvalue weighted by molar-refractivity contribution is 4.86. The molecule has 0 aromatic carbocycles. The van der Waals surface area contributed by atoms with Gasteiger partial charge in [0.25, 0.3) is 0 Å². The van der Waals surface area contributed by atoms with Crippen LogP contribution in [0, 0.1) is 0 Å². The summed E-state index contributed by atoms with van der Waals surface area (Å²) < 4.78 is 0. The summed E-state index contributed by atoms with van der Waals surface area (Å²) in [6.45, 7) is 13.0. The first-order valence-corrected chi connectivity index (χ1v) is 6.26. The van der Waals surface area contributed by atoms with E-state index in [4.69, 9.17) is 0 Å². The van der Waals surface area contributed by atoms with E-state index in [0.29, 0.717) is 12.1 Å². The molecule has 1 N–H and O–H groups in total. The van der Waals surface area contributed by atoms with Crippen LogP contribution in [0.5, 0.6) is 0 Å². The first kappa shape index (κ1) is 12.9. The van der Waals surface area contributed by atoms with Crippen LogP contribution < -0.4 is 0 Å². The predicted molar refractivity (Wildman–Crippen MR) is 64.0 cm³/mol. The van der Waals surface area contributed by atoms with Crippen LogP contribution in [-0.4, -0.2) is 59.3 Å². The molecule has 1 fully saturated rings. The van der Waals surface area contributed by atoms with Crippen LogP contribution in [-0.2, 0) is 0 Å². The van der Waals surface area contributed by atoms with Gasteiger partial charge in [-0.1, -0.05) is 13.8 Å². The second kappa shape index (κ2) is 5.83. The maximum absolute atomic E-state index is 9.57. The van der Waals surface area contributed by atoms with Gasteiger partial charge in [-0.05, 0) is 33.4 Å². The Balaban J connectivity index is 2.44. The molecule has 0 bridgehead atoms. The molecule has 1 aliphatic heterocycles. The van der Waals surface area contributed by atoms with Gasteiger partial charge in [-0.2, -0.15) is 0 Å². The van der Waals surface area contributed by atoms with Crippen LogP contribution in [0.2, 0.25) is 0 Å². The molecule has 0 saturated carbocycles. The number of hydrogen-bond donors (Lipinski definition) is 1. The third-order valence-corrected chi connectivity index (χ3v) is 3.80. The van der Waals surface area contributed by atoms with Gasteiger partial charge < -0.3 is 5.11 Å². The molecule has 15 heavy (non-hydrogen) atoms. The first-order chi connectivity index (χ1) is 7.10. The Bertz CT molecular complexity index is 172. The Morgan fingerprint density at radius 2 is 1.93 bits per heavy atom. The van der Waals surface area contributed by atoms with Crippen molar-refractivity contribution in [3.05, 3.63) is 0 Å². The van der Waals surface area contributed by atoms with E-state index in [1.807, 2.05) is 6.92 Å². The molecule has 1 aliphatic rings. The topological polar surface area (TPSA) is 26.7 Å². The van der Waals surface area contributed by atoms with Gasteiger partial charge in [0.2, 0.25) is 0 Å². The van der Waals surface area contributed by atoms with Gasteiger partial charge in [-0.25, -0.2) is 0 Å². The maximum Gasteiger partial charge on any atom is 0.0664 e. The van der Waals surface area contributed by atoms with E-state index < -0.39 is 0 Å². The highest BCUT2D eigenvalue weighted by Crippen LogP contribution is 2.18. The molecule has 3 heteroatoms. The molecule has 0 radical (unpaired) electrons. The third-order valence-electron chi connectivity index (χ3n) is 3.80. The molecule has 0 amide bonds. The van der Waals surface area contributed by atoms with Crippen LogP contribution in [0.25, 0.3) is 0 Å². The molecule has 1 heterocycles. The number of aliphatic hydroxyl groups excluding tert-OH is 1. The van der Waals surface area contributed by atoms with Crippen LogP contribution >= 0.6 is 0 Å². The van der Waals surface area contributed by atoms with Gasteiger partial charge in [0.15, 0.2) is 0 Å². The van der Waals surface area contributed by atoms with E-state index in [-0.39, 0.29) is 6.10 Å². The van der Waals surface area contributed by atoms with Gasteiger partial charge in [0, 0.05) is 25.2 Å². The van der Waals surface area contributed by atoms with E-state index in [1.54, 1.807) is 0 Å². The first-order valence-electron chi connectivity index (χ1n) is 6.26. The van der Waals surface area contributed by atoms with Crippen molar-refractivity contribution >= 4 is 0 Å². The van der Waals surface area contributed by atoms with Crippen molar-refractivity contribution < 1.29 is 5.11 Å². The third kappa shape index (κ3) is 3.16. The van der Waals surface area contributed by atoms with Crippen molar-refractivity contribution in [3.8, 4) is 0 Å². The summed E-state index contributed by atoms with van der Waals surface area (Å²) >= 11 is 0. The minimum Gasteiger partial charge on any atom is -0.392 e. The second-order valence-electron chi connectivity index (χ2n) is 4.64. The summed E-state index contributed by atoms with van der Waals surface area (Å²) in [6.07, 6.45) is 1.03. The fourth-order valence-electron chi connectivity index (χ4n) is 2.48. The summed E-state index contributed by atoms with van der Waals surface area (Å²) in [6, 6.07) is 0.992. The average molecular weight is 214 g/mol. The van der Waals surface area contributed by atoms with Gasteiger partial charge in [-0.3, -0.25) is 9.80 Å². The molecular weight excluding hydrogens is 188 g/mol. The number of nitrogens with zero attached hydrogens (tertiary/aromatic N) is 2. The van der Waals surface area contributed by atoms with Crippen molar-refractivity contribution in [2.75, 3.05) is 26.2 Å². The highest BCUT2D eigenvalue weighted by Gasteiger charge is 2.30. The van der Waals surface area contributed by atoms with Crippen LogP contribution in [0.4, 0.5) is 0 Å². The molecule has 3 unspecified atom stereocenters. The van der Waals surface area contributed by atoms with Crippen molar-refractivity contribution in [1.82, 2.24) is 9.80 Å². The molecular formula is C12H26N2O. The van der Waals surface area contributed by atoms with Crippen LogP contribution in [0.1, 0.15) is 34.1 Å². The predicted octanol–water partition coefficient (Wildman–Crippen LogP) is 1.17. The summed E-state index contributed by atoms with van der Waals surface area (Å²) in [7, 11) is 0. The highest BCUT2D eigenvalue weighted by atomic mass is 16.3. The number of likely N-dealkylation sites (tertiary alicyclic amines) is 1. The number of aliphatic hydroxyl groups is 1. The number of likely N-dealkylation sites (N-methyl/N-ethyl adjacent to an activating group) is 1. The Morgan fingerprint density at radius 3 is 2.40 bits per heavy atom. The van der Waals surface area contributed by atoms with E-state index in [9.17, 15) is 5.11 Å². The monoisotopic (exact) mass is 214 g/mol. The van der Waals surface area contributed by atoms with E-state index in [0.717, 1.165) is 26.2 Å². The van der Waals surface area contributed by atoms with Gasteiger partial charge in [-0.15, -0.1) is 0 Å². The summed E-state index contributed by atoms with van der Waals surface area (Å²) in [5, 5.41) is 9.57. The largest absolute Gasteiger partial charge is 0.392 e. The molecule has 1 saturated heterocycles.